The SMILES string of the molecule is CN(C)C(=O)CN1C[C@@H]2CN(Cc3ccoc3)CCC[C@]2(C(=O)O)C1.O=C(O)C(F)(F)F.O=C(O)C(F)(F)F. The van der Waals surface area contributed by atoms with Gasteiger partial charge in [0, 0.05) is 51.8 Å². The molecule has 0 unspecified atom stereocenters. The molecule has 11 nitrogen and oxygen atoms in total. The van der Waals surface area contributed by atoms with Gasteiger partial charge in [-0.2, -0.15) is 26.3 Å². The van der Waals surface area contributed by atoms with Gasteiger partial charge in [0.1, 0.15) is 0 Å². The zero-order valence-electron chi connectivity index (χ0n) is 21.0. The topological polar surface area (TPSA) is 152 Å². The standard InChI is InChI=1S/C18H27N3O4.2C2HF3O2/c1-19(2)16(22)11-21-10-15-9-20(8-14-4-7-25-12-14)6-3-5-18(15,13-21)17(23)24;2*3-2(4,5)1(6)7/h4,7,12,15H,3,5-6,8-11,13H2,1-2H3,(H,23,24);2*(H,6,7)/t15-,18-;;/m0../s1. The van der Waals surface area contributed by atoms with Gasteiger partial charge in [0.05, 0.1) is 24.5 Å². The van der Waals surface area contributed by atoms with Crippen LogP contribution in [-0.4, -0.2) is 113 Å². The first-order valence-electron chi connectivity index (χ1n) is 11.3. The van der Waals surface area contributed by atoms with Crippen molar-refractivity contribution in [3.8, 4) is 0 Å². The van der Waals surface area contributed by atoms with E-state index in [1.165, 1.54) is 0 Å². The van der Waals surface area contributed by atoms with E-state index in [2.05, 4.69) is 4.90 Å². The van der Waals surface area contributed by atoms with Crippen molar-refractivity contribution >= 4 is 23.8 Å². The van der Waals surface area contributed by atoms with E-state index in [4.69, 9.17) is 24.2 Å². The normalized spacial score (nSPS) is 21.8. The minimum atomic E-state index is -5.08. The Hall–Kier alpha value is -3.34. The first-order chi connectivity index (χ1) is 17.8. The lowest BCUT2D eigenvalue weighted by molar-refractivity contribution is -0.193. The highest BCUT2D eigenvalue weighted by atomic mass is 19.4. The number of likely N-dealkylation sites (N-methyl/N-ethyl adjacent to an activating group) is 1. The molecular weight excluding hydrogens is 548 g/mol. The molecule has 0 bridgehead atoms. The smallest absolute Gasteiger partial charge is 0.481 e. The summed E-state index contributed by atoms with van der Waals surface area (Å²) in [5, 5.41) is 24.2. The third-order valence-corrected chi connectivity index (χ3v) is 6.10. The lowest BCUT2D eigenvalue weighted by Crippen LogP contribution is -2.41. The number of likely N-dealkylation sites (tertiary alicyclic amines) is 2. The van der Waals surface area contributed by atoms with Crippen LogP contribution in [0.4, 0.5) is 26.3 Å². The van der Waals surface area contributed by atoms with Crippen molar-refractivity contribution in [1.82, 2.24) is 14.7 Å². The maximum atomic E-state index is 12.1. The molecule has 2 fully saturated rings. The van der Waals surface area contributed by atoms with Crippen molar-refractivity contribution in [2.45, 2.75) is 31.7 Å². The monoisotopic (exact) mass is 577 g/mol. The minimum Gasteiger partial charge on any atom is -0.481 e. The second-order valence-corrected chi connectivity index (χ2v) is 9.19. The number of hydrogen-bond acceptors (Lipinski definition) is 7. The molecule has 0 saturated carbocycles. The maximum absolute atomic E-state index is 12.1. The van der Waals surface area contributed by atoms with Gasteiger partial charge in [-0.05, 0) is 25.5 Å². The van der Waals surface area contributed by atoms with E-state index in [-0.39, 0.29) is 11.8 Å². The Morgan fingerprint density at radius 2 is 1.51 bits per heavy atom. The molecule has 17 heteroatoms. The number of carbonyl (C=O) groups excluding carboxylic acids is 1. The molecule has 3 N–H and O–H groups in total. The molecule has 3 heterocycles. The fraction of sp³-hybridized carbons (Fsp3) is 0.636. The van der Waals surface area contributed by atoms with Crippen LogP contribution < -0.4 is 0 Å². The Bertz CT molecular complexity index is 959. The van der Waals surface area contributed by atoms with Gasteiger partial charge in [0.15, 0.2) is 0 Å². The van der Waals surface area contributed by atoms with Crippen LogP contribution in [0.2, 0.25) is 0 Å². The highest BCUT2D eigenvalue weighted by molar-refractivity contribution is 5.79. The van der Waals surface area contributed by atoms with Crippen molar-refractivity contribution in [3.05, 3.63) is 24.2 Å². The number of hydrogen-bond donors (Lipinski definition) is 3. The van der Waals surface area contributed by atoms with E-state index in [0.717, 1.165) is 31.6 Å². The van der Waals surface area contributed by atoms with Crippen LogP contribution in [0.15, 0.2) is 23.0 Å². The van der Waals surface area contributed by atoms with Crippen molar-refractivity contribution in [2.75, 3.05) is 46.8 Å². The first kappa shape index (κ1) is 33.7. The number of carbonyl (C=O) groups is 4. The van der Waals surface area contributed by atoms with Gasteiger partial charge in [-0.15, -0.1) is 0 Å². The summed E-state index contributed by atoms with van der Waals surface area (Å²) in [6, 6.07) is 1.95. The number of alkyl halides is 6. The molecule has 2 saturated heterocycles. The highest BCUT2D eigenvalue weighted by Crippen LogP contribution is 2.43. The maximum Gasteiger partial charge on any atom is 0.490 e. The molecule has 1 aromatic rings. The van der Waals surface area contributed by atoms with Crippen molar-refractivity contribution in [1.29, 1.82) is 0 Å². The predicted octanol–water partition coefficient (Wildman–Crippen LogP) is 2.23. The van der Waals surface area contributed by atoms with Gasteiger partial charge in [-0.3, -0.25) is 19.4 Å². The van der Waals surface area contributed by atoms with Crippen molar-refractivity contribution in [3.63, 3.8) is 0 Å². The van der Waals surface area contributed by atoms with Crippen LogP contribution in [0.5, 0.6) is 0 Å². The molecule has 2 atom stereocenters. The van der Waals surface area contributed by atoms with E-state index in [1.54, 1.807) is 31.5 Å². The Kier molecular flexibility index (Phi) is 11.8. The number of nitrogens with zero attached hydrogens (tertiary/aromatic N) is 3. The molecule has 0 aromatic carbocycles. The van der Waals surface area contributed by atoms with Crippen molar-refractivity contribution < 1.29 is 65.3 Å². The van der Waals surface area contributed by atoms with Gasteiger partial charge in [0.25, 0.3) is 0 Å². The molecule has 39 heavy (non-hydrogen) atoms. The fourth-order valence-electron chi connectivity index (χ4n) is 4.20. The zero-order chi connectivity index (χ0) is 30.2. The summed E-state index contributed by atoms with van der Waals surface area (Å²) in [5.41, 5.74) is 0.373. The molecule has 2 aliphatic heterocycles. The summed E-state index contributed by atoms with van der Waals surface area (Å²) in [6.45, 7) is 3.83. The van der Waals surface area contributed by atoms with Gasteiger partial charge in [0.2, 0.25) is 5.91 Å². The van der Waals surface area contributed by atoms with Gasteiger partial charge >= 0.3 is 30.3 Å². The van der Waals surface area contributed by atoms with E-state index < -0.39 is 35.7 Å². The number of carboxylic acids is 3. The fourth-order valence-corrected chi connectivity index (χ4v) is 4.20. The third kappa shape index (κ3) is 10.4. The summed E-state index contributed by atoms with van der Waals surface area (Å²) in [5.74, 6) is -6.18. The minimum absolute atomic E-state index is 0.0206. The summed E-state index contributed by atoms with van der Waals surface area (Å²) in [4.78, 5) is 47.9. The lowest BCUT2D eigenvalue weighted by atomic mass is 9.75. The number of halogens is 6. The average molecular weight is 577 g/mol. The van der Waals surface area contributed by atoms with Crippen LogP contribution in [-0.2, 0) is 25.7 Å². The number of amides is 1. The van der Waals surface area contributed by atoms with Gasteiger partial charge < -0.3 is 24.6 Å². The van der Waals surface area contributed by atoms with E-state index in [0.29, 0.717) is 26.1 Å². The van der Waals surface area contributed by atoms with Crippen molar-refractivity contribution in [2.24, 2.45) is 11.3 Å². The number of carboxylic acid groups (broad SMARTS) is 3. The average Bonchev–Trinajstić information content (AvgIpc) is 3.38. The van der Waals surface area contributed by atoms with Gasteiger partial charge in [-0.25, -0.2) is 9.59 Å². The Labute approximate surface area is 218 Å². The summed E-state index contributed by atoms with van der Waals surface area (Å²) < 4.78 is 68.6. The van der Waals surface area contributed by atoms with E-state index >= 15 is 0 Å². The second-order valence-electron chi connectivity index (χ2n) is 9.19. The third-order valence-electron chi connectivity index (χ3n) is 6.10. The molecule has 3 rings (SSSR count). The molecule has 222 valence electrons. The predicted molar refractivity (Wildman–Crippen MR) is 119 cm³/mol. The zero-order valence-corrected chi connectivity index (χ0v) is 21.0. The Balaban J connectivity index is 0.000000449. The number of furan rings is 1. The Morgan fingerprint density at radius 3 is 1.92 bits per heavy atom. The van der Waals surface area contributed by atoms with Crippen LogP contribution in [0.3, 0.4) is 0 Å². The molecule has 1 amide bonds. The van der Waals surface area contributed by atoms with E-state index in [1.807, 2.05) is 11.0 Å². The quantitative estimate of drug-likeness (QED) is 0.445. The molecule has 2 aliphatic rings. The van der Waals surface area contributed by atoms with Crippen LogP contribution in [0.1, 0.15) is 18.4 Å². The highest BCUT2D eigenvalue weighted by Gasteiger charge is 2.53. The van der Waals surface area contributed by atoms with Gasteiger partial charge in [-0.1, -0.05) is 0 Å². The summed E-state index contributed by atoms with van der Waals surface area (Å²) in [6.07, 6.45) is -5.23. The summed E-state index contributed by atoms with van der Waals surface area (Å²) in [7, 11) is 3.46. The Morgan fingerprint density at radius 1 is 1.00 bits per heavy atom. The number of aliphatic carboxylic acids is 3. The van der Waals surface area contributed by atoms with E-state index in [9.17, 15) is 41.0 Å². The molecule has 1 aromatic heterocycles. The number of fused-ring (bicyclic) bond motifs is 1. The number of rotatable bonds is 5. The van der Waals surface area contributed by atoms with Crippen LogP contribution in [0.25, 0.3) is 0 Å². The molecule has 0 spiro atoms. The molecule has 0 aliphatic carbocycles. The molecule has 0 radical (unpaired) electrons. The van der Waals surface area contributed by atoms with Crippen LogP contribution in [0, 0.1) is 11.3 Å². The second kappa shape index (κ2) is 13.6. The molecular formula is C22H29F6N3O8. The first-order valence-corrected chi connectivity index (χ1v) is 11.3. The summed E-state index contributed by atoms with van der Waals surface area (Å²) >= 11 is 0. The van der Waals surface area contributed by atoms with Crippen LogP contribution >= 0.6 is 0 Å². The lowest BCUT2D eigenvalue weighted by Gasteiger charge is -2.29. The largest absolute Gasteiger partial charge is 0.490 e.